The average molecular weight is 313 g/mol. The summed E-state index contributed by atoms with van der Waals surface area (Å²) in [6, 6.07) is 0.286. The van der Waals surface area contributed by atoms with Crippen LogP contribution in [0.25, 0.3) is 0 Å². The molecule has 7 heteroatoms. The number of thiocarbonyl (C=S) groups is 1. The van der Waals surface area contributed by atoms with Gasteiger partial charge in [-0.15, -0.1) is 0 Å². The van der Waals surface area contributed by atoms with Gasteiger partial charge in [-0.05, 0) is 25.1 Å². The fraction of sp³-hybridized carbons (Fsp3) is 0.615. The van der Waals surface area contributed by atoms with Gasteiger partial charge >= 0.3 is 0 Å². The van der Waals surface area contributed by atoms with Crippen molar-refractivity contribution >= 4 is 29.4 Å². The molecule has 1 heterocycles. The molecule has 1 aromatic heterocycles. The number of aromatic hydroxyl groups is 1. The van der Waals surface area contributed by atoms with E-state index < -0.39 is 0 Å². The molecule has 110 valence electrons. The monoisotopic (exact) mass is 313 g/mol. The van der Waals surface area contributed by atoms with Gasteiger partial charge in [0, 0.05) is 20.1 Å². The van der Waals surface area contributed by atoms with Gasteiger partial charge in [-0.2, -0.15) is 0 Å². The van der Waals surface area contributed by atoms with E-state index in [-0.39, 0.29) is 27.8 Å². The van der Waals surface area contributed by atoms with Crippen LogP contribution >= 0.6 is 24.4 Å². The second-order valence-electron chi connectivity index (χ2n) is 5.21. The number of aromatic nitrogens is 2. The van der Waals surface area contributed by atoms with Gasteiger partial charge in [0.1, 0.15) is 10.6 Å². The second kappa shape index (κ2) is 6.05. The molecule has 1 saturated carbocycles. The van der Waals surface area contributed by atoms with Crippen LogP contribution in [0, 0.1) is 4.77 Å². The van der Waals surface area contributed by atoms with Crippen LogP contribution in [0.4, 0.5) is 0 Å². The van der Waals surface area contributed by atoms with Crippen molar-refractivity contribution in [2.24, 2.45) is 14.1 Å². The van der Waals surface area contributed by atoms with Crippen LogP contribution in [-0.4, -0.2) is 25.3 Å². The highest BCUT2D eigenvalue weighted by Crippen LogP contribution is 2.19. The van der Waals surface area contributed by atoms with Crippen molar-refractivity contribution in [3.8, 4) is 5.88 Å². The van der Waals surface area contributed by atoms with E-state index in [1.165, 1.54) is 28.4 Å². The van der Waals surface area contributed by atoms with E-state index in [9.17, 15) is 9.90 Å². The summed E-state index contributed by atoms with van der Waals surface area (Å²) in [6.07, 6.45) is 5.68. The zero-order valence-electron chi connectivity index (χ0n) is 11.7. The third-order valence-electron chi connectivity index (χ3n) is 3.80. The molecule has 0 amide bonds. The van der Waals surface area contributed by atoms with Crippen LogP contribution in [0.2, 0.25) is 0 Å². The van der Waals surface area contributed by atoms with E-state index in [0.717, 1.165) is 12.8 Å². The SMILES string of the molecule is Cn1c(O)c(C(=S)NC2CCCCC2)c(=O)n(C)c1=S. The van der Waals surface area contributed by atoms with Crippen LogP contribution in [0.5, 0.6) is 5.88 Å². The Labute approximate surface area is 128 Å². The molecule has 1 aliphatic rings. The molecule has 2 N–H and O–H groups in total. The van der Waals surface area contributed by atoms with Crippen molar-refractivity contribution in [3.05, 3.63) is 20.7 Å². The Kier molecular flexibility index (Phi) is 4.59. The van der Waals surface area contributed by atoms with Crippen molar-refractivity contribution in [2.45, 2.75) is 38.1 Å². The second-order valence-corrected chi connectivity index (χ2v) is 5.99. The van der Waals surface area contributed by atoms with Gasteiger partial charge < -0.3 is 10.4 Å². The van der Waals surface area contributed by atoms with Crippen molar-refractivity contribution in [3.63, 3.8) is 0 Å². The highest BCUT2D eigenvalue weighted by Gasteiger charge is 2.21. The zero-order valence-corrected chi connectivity index (χ0v) is 13.3. The van der Waals surface area contributed by atoms with E-state index in [0.29, 0.717) is 4.99 Å². The summed E-state index contributed by atoms with van der Waals surface area (Å²) in [5, 5.41) is 13.3. The lowest BCUT2D eigenvalue weighted by Crippen LogP contribution is -2.40. The number of nitrogens with zero attached hydrogens (tertiary/aromatic N) is 2. The first-order chi connectivity index (χ1) is 9.43. The van der Waals surface area contributed by atoms with Gasteiger partial charge in [-0.1, -0.05) is 31.5 Å². The molecular formula is C13H19N3O2S2. The summed E-state index contributed by atoms with van der Waals surface area (Å²) >= 11 is 10.4. The Morgan fingerprint density at radius 2 is 1.85 bits per heavy atom. The van der Waals surface area contributed by atoms with Crippen molar-refractivity contribution < 1.29 is 5.11 Å². The Hall–Kier alpha value is -1.21. The standard InChI is InChI=1S/C13H19N3O2S2/c1-15-11(17)9(12(18)16(2)13(15)20)10(19)14-8-6-4-3-5-7-8/h8,17H,3-7H2,1-2H3,(H,14,19). The van der Waals surface area contributed by atoms with Crippen LogP contribution in [0.3, 0.4) is 0 Å². The van der Waals surface area contributed by atoms with Gasteiger partial charge in [-0.25, -0.2) is 0 Å². The third-order valence-corrected chi connectivity index (χ3v) is 4.67. The quantitative estimate of drug-likeness (QED) is 0.815. The molecule has 0 aliphatic heterocycles. The lowest BCUT2D eigenvalue weighted by atomic mass is 9.95. The summed E-state index contributed by atoms with van der Waals surface area (Å²) < 4.78 is 2.97. The van der Waals surface area contributed by atoms with Crippen molar-refractivity contribution in [1.29, 1.82) is 0 Å². The maximum absolute atomic E-state index is 12.2. The molecule has 20 heavy (non-hydrogen) atoms. The molecule has 2 rings (SSSR count). The van der Waals surface area contributed by atoms with E-state index in [1.807, 2.05) is 0 Å². The Morgan fingerprint density at radius 3 is 2.45 bits per heavy atom. The predicted octanol–water partition coefficient (Wildman–Crippen LogP) is 1.76. The van der Waals surface area contributed by atoms with Gasteiger partial charge in [0.25, 0.3) is 5.56 Å². The maximum Gasteiger partial charge on any atom is 0.268 e. The topological polar surface area (TPSA) is 59.2 Å². The zero-order chi connectivity index (χ0) is 14.9. The minimum Gasteiger partial charge on any atom is -0.494 e. The minimum atomic E-state index is -0.362. The maximum atomic E-state index is 12.2. The van der Waals surface area contributed by atoms with E-state index in [2.05, 4.69) is 5.32 Å². The summed E-state index contributed by atoms with van der Waals surface area (Å²) in [7, 11) is 3.20. The van der Waals surface area contributed by atoms with Crippen LogP contribution in [0.1, 0.15) is 37.7 Å². The summed E-state index contributed by atoms with van der Waals surface area (Å²) in [5.74, 6) is -0.175. The Morgan fingerprint density at radius 1 is 1.25 bits per heavy atom. The highest BCUT2D eigenvalue weighted by atomic mass is 32.1. The van der Waals surface area contributed by atoms with Gasteiger partial charge in [0.2, 0.25) is 5.88 Å². The third kappa shape index (κ3) is 2.78. The van der Waals surface area contributed by atoms with E-state index >= 15 is 0 Å². The van der Waals surface area contributed by atoms with Gasteiger partial charge in [0.05, 0.1) is 0 Å². The van der Waals surface area contributed by atoms with Crippen molar-refractivity contribution in [2.75, 3.05) is 0 Å². The molecule has 0 spiro atoms. The average Bonchev–Trinajstić information content (AvgIpc) is 2.44. The molecule has 1 aromatic rings. The van der Waals surface area contributed by atoms with Gasteiger partial charge in [0.15, 0.2) is 4.77 Å². The minimum absolute atomic E-state index is 0.129. The largest absolute Gasteiger partial charge is 0.494 e. The highest BCUT2D eigenvalue weighted by molar-refractivity contribution is 7.80. The molecule has 0 bridgehead atoms. The van der Waals surface area contributed by atoms with Gasteiger partial charge in [-0.3, -0.25) is 13.9 Å². The summed E-state index contributed by atoms with van der Waals surface area (Å²) in [4.78, 5) is 12.5. The lowest BCUT2D eigenvalue weighted by molar-refractivity contribution is 0.406. The van der Waals surface area contributed by atoms with E-state index in [4.69, 9.17) is 24.4 Å². The van der Waals surface area contributed by atoms with Crippen molar-refractivity contribution in [1.82, 2.24) is 14.5 Å². The van der Waals surface area contributed by atoms with Crippen LogP contribution in [-0.2, 0) is 14.1 Å². The lowest BCUT2D eigenvalue weighted by Gasteiger charge is -2.24. The molecule has 0 unspecified atom stereocenters. The first kappa shape index (κ1) is 15.2. The Balaban J connectivity index is 2.35. The van der Waals surface area contributed by atoms with Crippen LogP contribution < -0.4 is 10.9 Å². The van der Waals surface area contributed by atoms with Crippen LogP contribution in [0.15, 0.2) is 4.79 Å². The number of nitrogens with one attached hydrogen (secondary N) is 1. The number of rotatable bonds is 2. The molecule has 0 saturated heterocycles. The molecule has 0 radical (unpaired) electrons. The fourth-order valence-electron chi connectivity index (χ4n) is 2.54. The molecular weight excluding hydrogens is 294 g/mol. The summed E-state index contributed by atoms with van der Waals surface area (Å²) in [6.45, 7) is 0. The summed E-state index contributed by atoms with van der Waals surface area (Å²) in [5.41, 5.74) is -0.233. The predicted molar refractivity (Wildman–Crippen MR) is 84.9 cm³/mol. The molecule has 5 nitrogen and oxygen atoms in total. The first-order valence-corrected chi connectivity index (χ1v) is 7.55. The normalized spacial score (nSPS) is 16.1. The molecule has 1 aliphatic carbocycles. The fourth-order valence-corrected chi connectivity index (χ4v) is 3.05. The molecule has 0 atom stereocenters. The number of hydrogen-bond acceptors (Lipinski definition) is 4. The Bertz CT molecular complexity index is 642. The first-order valence-electron chi connectivity index (χ1n) is 6.73. The smallest absolute Gasteiger partial charge is 0.268 e. The molecule has 1 fully saturated rings. The molecule has 0 aromatic carbocycles. The van der Waals surface area contributed by atoms with E-state index in [1.54, 1.807) is 14.1 Å². The number of hydrogen-bond donors (Lipinski definition) is 2.